The highest BCUT2D eigenvalue weighted by Crippen LogP contribution is 2.27. The lowest BCUT2D eigenvalue weighted by molar-refractivity contribution is -0.131. The summed E-state index contributed by atoms with van der Waals surface area (Å²) < 4.78 is 0. The first-order valence-electron chi connectivity index (χ1n) is 7.05. The minimum atomic E-state index is -0.479. The molecule has 1 unspecified atom stereocenters. The maximum atomic E-state index is 12.3. The second-order valence-corrected chi connectivity index (χ2v) is 5.20. The van der Waals surface area contributed by atoms with E-state index in [4.69, 9.17) is 11.6 Å². The molecule has 0 saturated heterocycles. The van der Waals surface area contributed by atoms with Gasteiger partial charge in [0.1, 0.15) is 0 Å². The normalized spacial score (nSPS) is 11.7. The molecule has 1 aromatic carbocycles. The standard InChI is InChI=1S/C16H21ClN2O/c1-3-9-19(10-4-2)16(20)11-13(12-18)14-7-5-6-8-15(14)17/h5-8,13H,3-4,9-11H2,1-2H3. The van der Waals surface area contributed by atoms with Gasteiger partial charge in [0.15, 0.2) is 0 Å². The Hall–Kier alpha value is -1.53. The van der Waals surface area contributed by atoms with Gasteiger partial charge in [-0.3, -0.25) is 4.79 Å². The fraction of sp³-hybridized carbons (Fsp3) is 0.500. The van der Waals surface area contributed by atoms with Crippen molar-refractivity contribution in [3.05, 3.63) is 34.9 Å². The van der Waals surface area contributed by atoms with Gasteiger partial charge >= 0.3 is 0 Å². The molecular weight excluding hydrogens is 272 g/mol. The number of halogens is 1. The summed E-state index contributed by atoms with van der Waals surface area (Å²) in [6, 6.07) is 9.42. The number of nitrogens with zero attached hydrogens (tertiary/aromatic N) is 2. The van der Waals surface area contributed by atoms with Crippen LogP contribution in [0.15, 0.2) is 24.3 Å². The Labute approximate surface area is 126 Å². The van der Waals surface area contributed by atoms with Crippen molar-refractivity contribution < 1.29 is 4.79 Å². The van der Waals surface area contributed by atoms with Crippen LogP contribution in [0, 0.1) is 11.3 Å². The Morgan fingerprint density at radius 2 is 1.90 bits per heavy atom. The predicted octanol–water partition coefficient (Wildman–Crippen LogP) is 3.99. The maximum Gasteiger partial charge on any atom is 0.224 e. The Morgan fingerprint density at radius 3 is 2.40 bits per heavy atom. The van der Waals surface area contributed by atoms with Crippen LogP contribution in [0.1, 0.15) is 44.6 Å². The maximum absolute atomic E-state index is 12.3. The highest BCUT2D eigenvalue weighted by Gasteiger charge is 2.21. The monoisotopic (exact) mass is 292 g/mol. The Kier molecular flexibility index (Phi) is 7.11. The molecule has 0 heterocycles. The van der Waals surface area contributed by atoms with Crippen LogP contribution in [0.3, 0.4) is 0 Å². The smallest absolute Gasteiger partial charge is 0.224 e. The zero-order valence-electron chi connectivity index (χ0n) is 12.1. The third-order valence-electron chi connectivity index (χ3n) is 3.15. The molecule has 0 N–H and O–H groups in total. The lowest BCUT2D eigenvalue weighted by atomic mass is 9.96. The summed E-state index contributed by atoms with van der Waals surface area (Å²) in [6.45, 7) is 5.58. The third-order valence-corrected chi connectivity index (χ3v) is 3.50. The van der Waals surface area contributed by atoms with Gasteiger partial charge in [0.2, 0.25) is 5.91 Å². The second-order valence-electron chi connectivity index (χ2n) is 4.79. The van der Waals surface area contributed by atoms with Crippen molar-refractivity contribution in [2.24, 2.45) is 0 Å². The molecule has 0 aromatic heterocycles. The van der Waals surface area contributed by atoms with Gasteiger partial charge in [-0.25, -0.2) is 0 Å². The van der Waals surface area contributed by atoms with Gasteiger partial charge < -0.3 is 4.90 Å². The van der Waals surface area contributed by atoms with E-state index in [9.17, 15) is 10.1 Å². The Balaban J connectivity index is 2.80. The molecule has 108 valence electrons. The number of hydrogen-bond donors (Lipinski definition) is 0. The summed E-state index contributed by atoms with van der Waals surface area (Å²) in [5, 5.41) is 9.86. The molecule has 3 nitrogen and oxygen atoms in total. The lowest BCUT2D eigenvalue weighted by Gasteiger charge is -2.23. The summed E-state index contributed by atoms with van der Waals surface area (Å²) in [6.07, 6.45) is 2.05. The van der Waals surface area contributed by atoms with E-state index in [1.165, 1.54) is 0 Å². The average Bonchev–Trinajstić information content (AvgIpc) is 2.45. The molecule has 0 spiro atoms. The van der Waals surface area contributed by atoms with E-state index < -0.39 is 5.92 Å². The van der Waals surface area contributed by atoms with Crippen LogP contribution in [-0.2, 0) is 4.79 Å². The van der Waals surface area contributed by atoms with E-state index in [-0.39, 0.29) is 12.3 Å². The van der Waals surface area contributed by atoms with Gasteiger partial charge in [0.05, 0.1) is 12.0 Å². The molecule has 0 bridgehead atoms. The number of hydrogen-bond acceptors (Lipinski definition) is 2. The molecule has 1 rings (SSSR count). The predicted molar refractivity (Wildman–Crippen MR) is 81.6 cm³/mol. The molecule has 1 aromatic rings. The van der Waals surface area contributed by atoms with Gasteiger partial charge in [-0.2, -0.15) is 5.26 Å². The number of benzene rings is 1. The number of carbonyl (C=O) groups excluding carboxylic acids is 1. The fourth-order valence-electron chi connectivity index (χ4n) is 2.19. The minimum Gasteiger partial charge on any atom is -0.343 e. The fourth-order valence-corrected chi connectivity index (χ4v) is 2.46. The molecule has 0 aliphatic carbocycles. The first-order chi connectivity index (χ1) is 9.63. The van der Waals surface area contributed by atoms with Gasteiger partial charge in [-0.15, -0.1) is 0 Å². The lowest BCUT2D eigenvalue weighted by Crippen LogP contribution is -2.33. The van der Waals surface area contributed by atoms with Crippen molar-refractivity contribution in [3.63, 3.8) is 0 Å². The summed E-state index contributed by atoms with van der Waals surface area (Å²) in [4.78, 5) is 14.1. The van der Waals surface area contributed by atoms with Crippen LogP contribution in [0.4, 0.5) is 0 Å². The van der Waals surface area contributed by atoms with E-state index >= 15 is 0 Å². The molecule has 0 aliphatic rings. The van der Waals surface area contributed by atoms with Gasteiger partial charge in [0.25, 0.3) is 0 Å². The second kappa shape index (κ2) is 8.60. The molecule has 0 radical (unpaired) electrons. The van der Waals surface area contributed by atoms with Gasteiger partial charge in [-0.1, -0.05) is 43.6 Å². The van der Waals surface area contributed by atoms with Crippen LogP contribution >= 0.6 is 11.6 Å². The summed E-state index contributed by atoms with van der Waals surface area (Å²) in [5.41, 5.74) is 0.734. The third kappa shape index (κ3) is 4.54. The van der Waals surface area contributed by atoms with Crippen molar-refractivity contribution in [1.29, 1.82) is 5.26 Å². The van der Waals surface area contributed by atoms with Crippen molar-refractivity contribution in [3.8, 4) is 6.07 Å². The van der Waals surface area contributed by atoms with E-state index in [0.29, 0.717) is 5.02 Å². The molecule has 0 saturated carbocycles. The number of amides is 1. The molecule has 1 atom stereocenters. The first-order valence-corrected chi connectivity index (χ1v) is 7.43. The van der Waals surface area contributed by atoms with E-state index in [1.54, 1.807) is 6.07 Å². The van der Waals surface area contributed by atoms with Gasteiger partial charge in [0, 0.05) is 24.5 Å². The highest BCUT2D eigenvalue weighted by atomic mass is 35.5. The average molecular weight is 293 g/mol. The minimum absolute atomic E-state index is 0.0279. The molecule has 20 heavy (non-hydrogen) atoms. The number of carbonyl (C=O) groups is 1. The van der Waals surface area contributed by atoms with E-state index in [1.807, 2.05) is 36.9 Å². The largest absolute Gasteiger partial charge is 0.343 e. The summed E-state index contributed by atoms with van der Waals surface area (Å²) >= 11 is 6.11. The number of rotatable bonds is 7. The topological polar surface area (TPSA) is 44.1 Å². The SMILES string of the molecule is CCCN(CCC)C(=O)CC(C#N)c1ccccc1Cl. The van der Waals surface area contributed by atoms with Crippen LogP contribution in [-0.4, -0.2) is 23.9 Å². The van der Waals surface area contributed by atoms with Crippen LogP contribution in [0.25, 0.3) is 0 Å². The Morgan fingerprint density at radius 1 is 1.30 bits per heavy atom. The van der Waals surface area contributed by atoms with E-state index in [2.05, 4.69) is 6.07 Å². The number of nitriles is 1. The zero-order chi connectivity index (χ0) is 15.0. The summed E-state index contributed by atoms with van der Waals surface area (Å²) in [7, 11) is 0. The highest BCUT2D eigenvalue weighted by molar-refractivity contribution is 6.31. The zero-order valence-corrected chi connectivity index (χ0v) is 12.9. The molecule has 0 fully saturated rings. The van der Waals surface area contributed by atoms with Crippen LogP contribution in [0.2, 0.25) is 5.02 Å². The van der Waals surface area contributed by atoms with Gasteiger partial charge in [-0.05, 0) is 24.5 Å². The van der Waals surface area contributed by atoms with Crippen LogP contribution < -0.4 is 0 Å². The molecule has 0 aliphatic heterocycles. The first kappa shape index (κ1) is 16.5. The molecular formula is C16H21ClN2O. The molecule has 4 heteroatoms. The quantitative estimate of drug-likeness (QED) is 0.763. The van der Waals surface area contributed by atoms with Crippen molar-refractivity contribution in [2.45, 2.75) is 39.0 Å². The Bertz CT molecular complexity index is 476. The summed E-state index contributed by atoms with van der Waals surface area (Å²) in [5.74, 6) is -0.451. The van der Waals surface area contributed by atoms with Crippen molar-refractivity contribution >= 4 is 17.5 Å². The van der Waals surface area contributed by atoms with E-state index in [0.717, 1.165) is 31.5 Å². The van der Waals surface area contributed by atoms with Crippen molar-refractivity contribution in [2.75, 3.05) is 13.1 Å². The molecule has 1 amide bonds. The van der Waals surface area contributed by atoms with Crippen LogP contribution in [0.5, 0.6) is 0 Å². The van der Waals surface area contributed by atoms with Crippen molar-refractivity contribution in [1.82, 2.24) is 4.90 Å².